The summed E-state index contributed by atoms with van der Waals surface area (Å²) in [4.78, 5) is 0. The van der Waals surface area contributed by atoms with Gasteiger partial charge in [-0.3, -0.25) is 4.72 Å². The highest BCUT2D eigenvalue weighted by molar-refractivity contribution is 7.92. The van der Waals surface area contributed by atoms with Gasteiger partial charge < -0.3 is 15.5 Å². The number of hydrogen-bond donors (Lipinski definition) is 4. The van der Waals surface area contributed by atoms with Crippen molar-refractivity contribution < 1.29 is 18.6 Å². The van der Waals surface area contributed by atoms with Crippen molar-refractivity contribution in [3.63, 3.8) is 0 Å². The molecule has 0 fully saturated rings. The summed E-state index contributed by atoms with van der Waals surface area (Å²) in [6.45, 7) is 0.240. The molecule has 0 aliphatic carbocycles. The molecule has 4 N–H and O–H groups in total. The van der Waals surface area contributed by atoms with Gasteiger partial charge in [0.1, 0.15) is 5.75 Å². The van der Waals surface area contributed by atoms with E-state index in [1.54, 1.807) is 6.07 Å². The lowest BCUT2D eigenvalue weighted by atomic mass is 9.93. The monoisotopic (exact) mass is 476 g/mol. The quantitative estimate of drug-likeness (QED) is 0.266. The number of rotatable bonds is 9. The Morgan fingerprint density at radius 2 is 1.59 bits per heavy atom. The Morgan fingerprint density at radius 3 is 2.35 bits per heavy atom. The number of aliphatic hydroxyl groups excluding tert-OH is 1. The van der Waals surface area contributed by atoms with Gasteiger partial charge in [-0.2, -0.15) is 0 Å². The fourth-order valence-corrected chi connectivity index (χ4v) is 4.67. The van der Waals surface area contributed by atoms with Crippen LogP contribution in [0, 0.1) is 0 Å². The Morgan fingerprint density at radius 1 is 0.882 bits per heavy atom. The normalized spacial score (nSPS) is 13.5. The standard InChI is InChI=1S/C27H28N2O4S/c1-34(32,33)29-25-17-21(14-15-26(25)30)27(31)18-28-24(16-19-8-3-2-4-9-19)23-13-7-11-20-10-5-6-12-22(20)23/h2-15,17,24,27-31H,16,18H2,1H3/t24-,27+/m1/s1. The molecule has 4 aromatic rings. The van der Waals surface area contributed by atoms with Gasteiger partial charge >= 0.3 is 0 Å². The summed E-state index contributed by atoms with van der Waals surface area (Å²) < 4.78 is 25.5. The number of nitrogens with one attached hydrogen (secondary N) is 2. The molecular weight excluding hydrogens is 448 g/mol. The van der Waals surface area contributed by atoms with Crippen molar-refractivity contribution in [1.82, 2.24) is 5.32 Å². The van der Waals surface area contributed by atoms with Gasteiger partial charge in [-0.1, -0.05) is 78.9 Å². The van der Waals surface area contributed by atoms with Crippen molar-refractivity contribution in [2.75, 3.05) is 17.5 Å². The molecule has 0 radical (unpaired) electrons. The van der Waals surface area contributed by atoms with Crippen LogP contribution in [0.2, 0.25) is 0 Å². The molecule has 0 spiro atoms. The second kappa shape index (κ2) is 10.3. The Hall–Kier alpha value is -3.39. The highest BCUT2D eigenvalue weighted by Crippen LogP contribution is 2.30. The van der Waals surface area contributed by atoms with Gasteiger partial charge in [0.25, 0.3) is 0 Å². The molecule has 0 aromatic heterocycles. The van der Waals surface area contributed by atoms with E-state index in [-0.39, 0.29) is 24.0 Å². The van der Waals surface area contributed by atoms with Crippen molar-refractivity contribution in [1.29, 1.82) is 0 Å². The number of phenols is 1. The average molecular weight is 477 g/mol. The van der Waals surface area contributed by atoms with Gasteiger partial charge in [0, 0.05) is 12.6 Å². The fraction of sp³-hybridized carbons (Fsp3) is 0.185. The molecule has 34 heavy (non-hydrogen) atoms. The highest BCUT2D eigenvalue weighted by atomic mass is 32.2. The molecule has 4 rings (SSSR count). The molecule has 0 aliphatic rings. The van der Waals surface area contributed by atoms with Crippen LogP contribution in [-0.2, 0) is 16.4 Å². The molecule has 176 valence electrons. The minimum atomic E-state index is -3.57. The average Bonchev–Trinajstić information content (AvgIpc) is 2.82. The molecule has 4 aromatic carbocycles. The first-order valence-corrected chi connectivity index (χ1v) is 12.9. The number of phenolic OH excluding ortho intramolecular Hbond substituents is 1. The third-order valence-corrected chi connectivity index (χ3v) is 6.33. The second-order valence-electron chi connectivity index (χ2n) is 8.39. The van der Waals surface area contributed by atoms with E-state index >= 15 is 0 Å². The smallest absolute Gasteiger partial charge is 0.229 e. The minimum absolute atomic E-state index is 0.0361. The largest absolute Gasteiger partial charge is 0.506 e. The van der Waals surface area contributed by atoms with E-state index in [0.717, 1.165) is 29.0 Å². The lowest BCUT2D eigenvalue weighted by molar-refractivity contribution is 0.169. The molecule has 0 unspecified atom stereocenters. The highest BCUT2D eigenvalue weighted by Gasteiger charge is 2.18. The number of hydrogen-bond acceptors (Lipinski definition) is 5. The van der Waals surface area contributed by atoms with Crippen molar-refractivity contribution in [2.45, 2.75) is 18.6 Å². The van der Waals surface area contributed by atoms with Crippen LogP contribution in [0.5, 0.6) is 5.75 Å². The van der Waals surface area contributed by atoms with Gasteiger partial charge in [0.2, 0.25) is 10.0 Å². The number of benzene rings is 4. The molecular formula is C27H28N2O4S. The van der Waals surface area contributed by atoms with E-state index in [2.05, 4.69) is 46.4 Å². The summed E-state index contributed by atoms with van der Waals surface area (Å²) in [6.07, 6.45) is 0.835. The summed E-state index contributed by atoms with van der Waals surface area (Å²) in [5.41, 5.74) is 2.84. The molecule has 0 aliphatic heterocycles. The van der Waals surface area contributed by atoms with Crippen molar-refractivity contribution in [3.05, 3.63) is 108 Å². The van der Waals surface area contributed by atoms with Gasteiger partial charge in [0.05, 0.1) is 18.0 Å². The predicted molar refractivity (Wildman–Crippen MR) is 136 cm³/mol. The van der Waals surface area contributed by atoms with E-state index < -0.39 is 16.1 Å². The predicted octanol–water partition coefficient (Wildman–Crippen LogP) is 4.52. The van der Waals surface area contributed by atoms with Crippen LogP contribution in [0.4, 0.5) is 5.69 Å². The van der Waals surface area contributed by atoms with Gasteiger partial charge in [-0.15, -0.1) is 0 Å². The number of sulfonamides is 1. The Balaban J connectivity index is 1.59. The Kier molecular flexibility index (Phi) is 7.17. The fourth-order valence-electron chi connectivity index (χ4n) is 4.11. The van der Waals surface area contributed by atoms with E-state index in [1.807, 2.05) is 36.4 Å². The Labute approximate surface area is 200 Å². The van der Waals surface area contributed by atoms with E-state index in [4.69, 9.17) is 0 Å². The summed E-state index contributed by atoms with van der Waals surface area (Å²) in [6, 6.07) is 29.0. The SMILES string of the molecule is CS(=O)(=O)Nc1cc([C@@H](O)CN[C@H](Cc2ccccc2)c2cccc3ccccc23)ccc1O. The third kappa shape index (κ3) is 5.94. The van der Waals surface area contributed by atoms with Crippen LogP contribution >= 0.6 is 0 Å². The van der Waals surface area contributed by atoms with Crippen LogP contribution < -0.4 is 10.0 Å². The molecule has 7 heteroatoms. The molecule has 6 nitrogen and oxygen atoms in total. The molecule has 0 saturated carbocycles. The number of fused-ring (bicyclic) bond motifs is 1. The summed E-state index contributed by atoms with van der Waals surface area (Å²) >= 11 is 0. The van der Waals surface area contributed by atoms with Crippen molar-refractivity contribution in [3.8, 4) is 5.75 Å². The van der Waals surface area contributed by atoms with Crippen LogP contribution in [0.3, 0.4) is 0 Å². The van der Waals surface area contributed by atoms with Crippen LogP contribution in [0.1, 0.15) is 28.8 Å². The molecule has 0 amide bonds. The maximum Gasteiger partial charge on any atom is 0.229 e. The molecule has 2 atom stereocenters. The van der Waals surface area contributed by atoms with Crippen molar-refractivity contribution in [2.24, 2.45) is 0 Å². The summed E-state index contributed by atoms with van der Waals surface area (Å²) in [5, 5.41) is 26.7. The van der Waals surface area contributed by atoms with Gasteiger partial charge in [-0.05, 0) is 46.0 Å². The molecule has 0 saturated heterocycles. The van der Waals surface area contributed by atoms with E-state index in [9.17, 15) is 18.6 Å². The first-order valence-electron chi connectivity index (χ1n) is 11.0. The lowest BCUT2D eigenvalue weighted by Gasteiger charge is -2.23. The second-order valence-corrected chi connectivity index (χ2v) is 10.1. The van der Waals surface area contributed by atoms with Crippen LogP contribution in [-0.4, -0.2) is 31.4 Å². The van der Waals surface area contributed by atoms with E-state index in [0.29, 0.717) is 5.56 Å². The first kappa shape index (κ1) is 23.8. The van der Waals surface area contributed by atoms with Crippen molar-refractivity contribution >= 4 is 26.5 Å². The van der Waals surface area contributed by atoms with Crippen LogP contribution in [0.15, 0.2) is 91.0 Å². The molecule has 0 bridgehead atoms. The van der Waals surface area contributed by atoms with E-state index in [1.165, 1.54) is 17.7 Å². The first-order chi connectivity index (χ1) is 16.3. The number of aromatic hydroxyl groups is 1. The van der Waals surface area contributed by atoms with Crippen LogP contribution in [0.25, 0.3) is 10.8 Å². The maximum atomic E-state index is 11.6. The number of aliphatic hydroxyl groups is 1. The zero-order valence-corrected chi connectivity index (χ0v) is 19.7. The Bertz CT molecular complexity index is 1370. The molecule has 0 heterocycles. The van der Waals surface area contributed by atoms with Gasteiger partial charge in [0.15, 0.2) is 0 Å². The lowest BCUT2D eigenvalue weighted by Crippen LogP contribution is -2.28. The summed E-state index contributed by atoms with van der Waals surface area (Å²) in [5.74, 6) is -0.202. The third-order valence-electron chi connectivity index (χ3n) is 5.74. The zero-order chi connectivity index (χ0) is 24.1. The minimum Gasteiger partial charge on any atom is -0.506 e. The number of anilines is 1. The zero-order valence-electron chi connectivity index (χ0n) is 18.8. The van der Waals surface area contributed by atoms with Gasteiger partial charge in [-0.25, -0.2) is 8.42 Å². The maximum absolute atomic E-state index is 11.6. The summed E-state index contributed by atoms with van der Waals surface area (Å²) in [7, 11) is -3.57. The topological polar surface area (TPSA) is 98.7 Å².